The molecule has 126 valence electrons. The highest BCUT2D eigenvalue weighted by molar-refractivity contribution is 6.42. The molecule has 1 aliphatic rings. The Hall–Kier alpha value is -1.85. The van der Waals surface area contributed by atoms with Crippen LogP contribution in [0.2, 0.25) is 10.0 Å². The highest BCUT2D eigenvalue weighted by atomic mass is 35.5. The van der Waals surface area contributed by atoms with Crippen LogP contribution in [-0.2, 0) is 13.0 Å². The number of rotatable bonds is 2. The molecule has 2 heterocycles. The van der Waals surface area contributed by atoms with Gasteiger partial charge in [-0.15, -0.1) is 0 Å². The zero-order valence-electron chi connectivity index (χ0n) is 13.8. The molecule has 0 atom stereocenters. The van der Waals surface area contributed by atoms with Crippen molar-refractivity contribution in [2.45, 2.75) is 19.9 Å². The van der Waals surface area contributed by atoms with Gasteiger partial charge < -0.3 is 9.80 Å². The van der Waals surface area contributed by atoms with E-state index >= 15 is 0 Å². The maximum absolute atomic E-state index is 12.8. The van der Waals surface area contributed by atoms with Gasteiger partial charge in [-0.1, -0.05) is 23.2 Å². The van der Waals surface area contributed by atoms with Crippen molar-refractivity contribution in [3.63, 3.8) is 0 Å². The van der Waals surface area contributed by atoms with Crippen molar-refractivity contribution in [2.75, 3.05) is 25.5 Å². The zero-order valence-corrected chi connectivity index (χ0v) is 15.3. The fourth-order valence-corrected chi connectivity index (χ4v) is 3.17. The lowest BCUT2D eigenvalue weighted by atomic mass is 10.0. The fraction of sp³-hybridized carbons (Fsp3) is 0.353. The summed E-state index contributed by atoms with van der Waals surface area (Å²) in [6, 6.07) is 4.96. The van der Waals surface area contributed by atoms with Crippen LogP contribution in [0.4, 0.5) is 5.82 Å². The molecule has 0 aliphatic carbocycles. The third kappa shape index (κ3) is 3.19. The van der Waals surface area contributed by atoms with E-state index < -0.39 is 0 Å². The number of nitrogens with zero attached hydrogens (tertiary/aromatic N) is 4. The Morgan fingerprint density at radius 3 is 2.62 bits per heavy atom. The third-order valence-electron chi connectivity index (χ3n) is 4.03. The first-order valence-corrected chi connectivity index (χ1v) is 8.40. The van der Waals surface area contributed by atoms with E-state index in [0.717, 1.165) is 22.9 Å². The predicted octanol–water partition coefficient (Wildman–Crippen LogP) is 3.36. The molecule has 0 spiro atoms. The second kappa shape index (κ2) is 6.57. The lowest BCUT2D eigenvalue weighted by Gasteiger charge is -2.31. The van der Waals surface area contributed by atoms with E-state index in [1.807, 2.05) is 25.9 Å². The Labute approximate surface area is 151 Å². The Balaban J connectivity index is 1.91. The minimum absolute atomic E-state index is 0.0653. The molecule has 7 heteroatoms. The highest BCUT2D eigenvalue weighted by Gasteiger charge is 2.26. The number of hydrogen-bond acceptors (Lipinski definition) is 4. The molecule has 0 saturated carbocycles. The van der Waals surface area contributed by atoms with Gasteiger partial charge in [-0.3, -0.25) is 4.79 Å². The molecule has 0 unspecified atom stereocenters. The third-order valence-corrected chi connectivity index (χ3v) is 4.77. The van der Waals surface area contributed by atoms with Crippen molar-refractivity contribution < 1.29 is 4.79 Å². The number of hydrogen-bond donors (Lipinski definition) is 0. The molecule has 24 heavy (non-hydrogen) atoms. The summed E-state index contributed by atoms with van der Waals surface area (Å²) in [4.78, 5) is 25.6. The maximum Gasteiger partial charge on any atom is 0.254 e. The lowest BCUT2D eigenvalue weighted by Crippen LogP contribution is -2.37. The summed E-state index contributed by atoms with van der Waals surface area (Å²) in [5, 5.41) is 0.823. The Kier molecular flexibility index (Phi) is 4.65. The molecule has 1 aromatic carbocycles. The number of anilines is 1. The Bertz CT molecular complexity index is 807. The van der Waals surface area contributed by atoms with Crippen LogP contribution in [0.1, 0.15) is 27.4 Å². The molecule has 1 aliphatic heterocycles. The number of benzene rings is 1. The number of aromatic nitrogens is 2. The highest BCUT2D eigenvalue weighted by Crippen LogP contribution is 2.28. The predicted molar refractivity (Wildman–Crippen MR) is 96.0 cm³/mol. The van der Waals surface area contributed by atoms with E-state index in [4.69, 9.17) is 23.2 Å². The van der Waals surface area contributed by atoms with Crippen LogP contribution in [0.3, 0.4) is 0 Å². The van der Waals surface area contributed by atoms with Crippen molar-refractivity contribution >= 4 is 34.9 Å². The number of halogens is 2. The first-order chi connectivity index (χ1) is 11.4. The van der Waals surface area contributed by atoms with Crippen molar-refractivity contribution in [2.24, 2.45) is 0 Å². The monoisotopic (exact) mass is 364 g/mol. The first-order valence-electron chi connectivity index (χ1n) is 7.65. The van der Waals surface area contributed by atoms with E-state index in [1.54, 1.807) is 23.1 Å². The summed E-state index contributed by atoms with van der Waals surface area (Å²) >= 11 is 12.0. The van der Waals surface area contributed by atoms with Crippen molar-refractivity contribution in [3.8, 4) is 0 Å². The largest absolute Gasteiger partial charge is 0.362 e. The van der Waals surface area contributed by atoms with Crippen LogP contribution in [0.5, 0.6) is 0 Å². The molecule has 1 aromatic heterocycles. The lowest BCUT2D eigenvalue weighted by molar-refractivity contribution is 0.0733. The van der Waals surface area contributed by atoms with Crippen LogP contribution in [-0.4, -0.2) is 41.4 Å². The molecule has 0 fully saturated rings. The SMILES string of the molecule is Cc1nc2c(c(N(C)C)n1)CN(C(=O)c1ccc(Cl)c(Cl)c1)CC2. The van der Waals surface area contributed by atoms with Gasteiger partial charge in [0.1, 0.15) is 11.6 Å². The minimum Gasteiger partial charge on any atom is -0.362 e. The summed E-state index contributed by atoms with van der Waals surface area (Å²) in [5.74, 6) is 1.55. The van der Waals surface area contributed by atoms with Crippen LogP contribution in [0.15, 0.2) is 18.2 Å². The summed E-state index contributed by atoms with van der Waals surface area (Å²) < 4.78 is 0. The van der Waals surface area contributed by atoms with Crippen LogP contribution >= 0.6 is 23.2 Å². The van der Waals surface area contributed by atoms with E-state index in [0.29, 0.717) is 35.1 Å². The standard InChI is InChI=1S/C17H18Cl2N4O/c1-10-20-15-6-7-23(9-12(15)16(21-10)22(2)3)17(24)11-4-5-13(18)14(19)8-11/h4-5,8H,6-7,9H2,1-3H3. The molecule has 0 radical (unpaired) electrons. The molecular weight excluding hydrogens is 347 g/mol. The van der Waals surface area contributed by atoms with Crippen molar-refractivity contribution in [1.29, 1.82) is 0 Å². The molecule has 1 amide bonds. The minimum atomic E-state index is -0.0653. The van der Waals surface area contributed by atoms with Gasteiger partial charge in [0.15, 0.2) is 0 Å². The van der Waals surface area contributed by atoms with E-state index in [2.05, 4.69) is 9.97 Å². The van der Waals surface area contributed by atoms with Gasteiger partial charge in [0.05, 0.1) is 22.3 Å². The van der Waals surface area contributed by atoms with Gasteiger partial charge in [0, 0.05) is 38.2 Å². The fourth-order valence-electron chi connectivity index (χ4n) is 2.87. The van der Waals surface area contributed by atoms with Gasteiger partial charge in [-0.25, -0.2) is 9.97 Å². The summed E-state index contributed by atoms with van der Waals surface area (Å²) in [5.41, 5.74) is 2.56. The summed E-state index contributed by atoms with van der Waals surface area (Å²) in [6.07, 6.45) is 0.715. The van der Waals surface area contributed by atoms with Crippen molar-refractivity contribution in [3.05, 3.63) is 50.9 Å². The summed E-state index contributed by atoms with van der Waals surface area (Å²) in [6.45, 7) is 3.00. The van der Waals surface area contributed by atoms with Gasteiger partial charge in [-0.05, 0) is 25.1 Å². The molecule has 0 N–H and O–H groups in total. The van der Waals surface area contributed by atoms with E-state index in [-0.39, 0.29) is 5.91 Å². The average molecular weight is 365 g/mol. The van der Waals surface area contributed by atoms with Crippen LogP contribution < -0.4 is 4.90 Å². The van der Waals surface area contributed by atoms with Crippen LogP contribution in [0.25, 0.3) is 0 Å². The Morgan fingerprint density at radius 1 is 1.21 bits per heavy atom. The molecule has 0 bridgehead atoms. The van der Waals surface area contributed by atoms with Crippen molar-refractivity contribution in [1.82, 2.24) is 14.9 Å². The molecule has 3 rings (SSSR count). The number of aryl methyl sites for hydroxylation is 1. The number of amides is 1. The maximum atomic E-state index is 12.8. The first kappa shape index (κ1) is 17.0. The van der Waals surface area contributed by atoms with Gasteiger partial charge in [0.2, 0.25) is 0 Å². The molecule has 5 nitrogen and oxygen atoms in total. The number of carbonyl (C=O) groups excluding carboxylic acids is 1. The zero-order chi connectivity index (χ0) is 17.4. The van der Waals surface area contributed by atoms with E-state index in [9.17, 15) is 4.79 Å². The smallest absolute Gasteiger partial charge is 0.254 e. The van der Waals surface area contributed by atoms with E-state index in [1.165, 1.54) is 0 Å². The quantitative estimate of drug-likeness (QED) is 0.819. The normalized spacial score (nSPS) is 13.6. The topological polar surface area (TPSA) is 49.3 Å². The van der Waals surface area contributed by atoms with Gasteiger partial charge in [-0.2, -0.15) is 0 Å². The molecule has 0 saturated heterocycles. The Morgan fingerprint density at radius 2 is 1.96 bits per heavy atom. The number of fused-ring (bicyclic) bond motifs is 1. The average Bonchev–Trinajstić information content (AvgIpc) is 2.55. The summed E-state index contributed by atoms with van der Waals surface area (Å²) in [7, 11) is 3.89. The molecule has 2 aromatic rings. The second-order valence-electron chi connectivity index (χ2n) is 6.02. The number of carbonyl (C=O) groups is 1. The van der Waals surface area contributed by atoms with Gasteiger partial charge >= 0.3 is 0 Å². The molecular formula is C17H18Cl2N4O. The second-order valence-corrected chi connectivity index (χ2v) is 6.83. The van der Waals surface area contributed by atoms with Gasteiger partial charge in [0.25, 0.3) is 5.91 Å². The van der Waals surface area contributed by atoms with Crippen LogP contribution in [0, 0.1) is 6.92 Å².